The van der Waals surface area contributed by atoms with E-state index >= 15 is 0 Å². The number of nitrogens with one attached hydrogen (secondary N) is 1. The van der Waals surface area contributed by atoms with Crippen LogP contribution >= 0.6 is 0 Å². The number of nitrogens with zero attached hydrogens (tertiary/aromatic N) is 2. The van der Waals surface area contributed by atoms with Crippen molar-refractivity contribution in [1.29, 1.82) is 0 Å². The molecular weight excluding hydrogens is 246 g/mol. The Labute approximate surface area is 119 Å². The molecule has 0 aliphatic carbocycles. The Hall–Kier alpha value is -2.29. The highest BCUT2D eigenvalue weighted by Gasteiger charge is 2.08. The number of fused-ring (bicyclic) bond motifs is 1. The van der Waals surface area contributed by atoms with Gasteiger partial charge in [-0.05, 0) is 31.2 Å². The van der Waals surface area contributed by atoms with Crippen molar-refractivity contribution in [2.24, 2.45) is 0 Å². The van der Waals surface area contributed by atoms with E-state index in [0.29, 0.717) is 0 Å². The van der Waals surface area contributed by atoms with Gasteiger partial charge in [-0.1, -0.05) is 30.3 Å². The average Bonchev–Trinajstić information content (AvgIpc) is 2.86. The van der Waals surface area contributed by atoms with Crippen molar-refractivity contribution in [3.05, 3.63) is 60.4 Å². The molecule has 2 aromatic carbocycles. The minimum Gasteiger partial charge on any atom is -0.385 e. The van der Waals surface area contributed by atoms with Crippen LogP contribution in [0.1, 0.15) is 12.7 Å². The fourth-order valence-electron chi connectivity index (χ4n) is 2.54. The molecule has 0 spiro atoms. The van der Waals surface area contributed by atoms with Gasteiger partial charge in [-0.25, -0.2) is 4.98 Å². The largest absolute Gasteiger partial charge is 0.385 e. The van der Waals surface area contributed by atoms with E-state index < -0.39 is 0 Å². The molecule has 0 aliphatic rings. The molecular formula is C17H19N3. The molecule has 0 amide bonds. The van der Waals surface area contributed by atoms with Crippen LogP contribution in [0.4, 0.5) is 5.69 Å². The van der Waals surface area contributed by atoms with Crippen LogP contribution in [-0.4, -0.2) is 16.1 Å². The van der Waals surface area contributed by atoms with Crippen molar-refractivity contribution < 1.29 is 0 Å². The summed E-state index contributed by atoms with van der Waals surface area (Å²) >= 11 is 0. The maximum absolute atomic E-state index is 4.74. The highest BCUT2D eigenvalue weighted by Crippen LogP contribution is 2.16. The topological polar surface area (TPSA) is 29.9 Å². The van der Waals surface area contributed by atoms with Gasteiger partial charge in [0.1, 0.15) is 5.82 Å². The van der Waals surface area contributed by atoms with E-state index in [1.807, 2.05) is 24.3 Å². The van der Waals surface area contributed by atoms with E-state index in [1.165, 1.54) is 5.52 Å². The van der Waals surface area contributed by atoms with Crippen LogP contribution < -0.4 is 5.32 Å². The van der Waals surface area contributed by atoms with Gasteiger partial charge in [0.05, 0.1) is 11.0 Å². The Balaban J connectivity index is 1.74. The Morgan fingerprint density at radius 3 is 2.55 bits per heavy atom. The fraction of sp³-hybridized carbons (Fsp3) is 0.235. The van der Waals surface area contributed by atoms with E-state index in [2.05, 4.69) is 47.1 Å². The summed E-state index contributed by atoms with van der Waals surface area (Å²) in [7, 11) is 0. The van der Waals surface area contributed by atoms with Gasteiger partial charge in [-0.3, -0.25) is 0 Å². The predicted octanol–water partition coefficient (Wildman–Crippen LogP) is 3.71. The molecule has 3 aromatic rings. The number of aryl methyl sites for hydroxylation is 1. The molecule has 3 rings (SSSR count). The van der Waals surface area contributed by atoms with Crippen LogP contribution in [-0.2, 0) is 13.0 Å². The molecule has 3 heteroatoms. The van der Waals surface area contributed by atoms with Crippen LogP contribution in [0.2, 0.25) is 0 Å². The molecule has 0 radical (unpaired) electrons. The quantitative estimate of drug-likeness (QED) is 0.762. The summed E-state index contributed by atoms with van der Waals surface area (Å²) in [6.07, 6.45) is 0.928. The summed E-state index contributed by atoms with van der Waals surface area (Å²) in [6, 6.07) is 18.6. The number of benzene rings is 2. The molecule has 0 aliphatic heterocycles. The predicted molar refractivity (Wildman–Crippen MR) is 84.0 cm³/mol. The van der Waals surface area contributed by atoms with Crippen LogP contribution in [0.15, 0.2) is 54.6 Å². The second-order valence-electron chi connectivity index (χ2n) is 4.80. The van der Waals surface area contributed by atoms with Gasteiger partial charge in [0.15, 0.2) is 0 Å². The van der Waals surface area contributed by atoms with E-state index in [0.717, 1.165) is 36.5 Å². The fourth-order valence-corrected chi connectivity index (χ4v) is 2.54. The van der Waals surface area contributed by atoms with Crippen molar-refractivity contribution >= 4 is 16.7 Å². The lowest BCUT2D eigenvalue weighted by Gasteiger charge is -2.08. The number of para-hydroxylation sites is 3. The molecule has 0 fully saturated rings. The smallest absolute Gasteiger partial charge is 0.111 e. The van der Waals surface area contributed by atoms with Gasteiger partial charge in [0.2, 0.25) is 0 Å². The van der Waals surface area contributed by atoms with Crippen LogP contribution in [0.3, 0.4) is 0 Å². The minimum atomic E-state index is 0.896. The minimum absolute atomic E-state index is 0.896. The zero-order valence-electron chi connectivity index (χ0n) is 11.7. The summed E-state index contributed by atoms with van der Waals surface area (Å²) in [5, 5.41) is 3.44. The Morgan fingerprint density at radius 1 is 1.00 bits per heavy atom. The lowest BCUT2D eigenvalue weighted by Crippen LogP contribution is -2.09. The normalized spacial score (nSPS) is 10.8. The molecule has 3 nitrogen and oxygen atoms in total. The first-order valence-corrected chi connectivity index (χ1v) is 7.11. The molecule has 0 saturated heterocycles. The SMILES string of the molecule is CCn1c(CCNc2ccccc2)nc2ccccc21. The molecule has 102 valence electrons. The third kappa shape index (κ3) is 2.52. The van der Waals surface area contributed by atoms with E-state index in [4.69, 9.17) is 4.98 Å². The van der Waals surface area contributed by atoms with Crippen molar-refractivity contribution in [1.82, 2.24) is 9.55 Å². The number of rotatable bonds is 5. The standard InChI is InChI=1S/C17H19N3/c1-2-20-16-11-7-6-10-15(16)19-17(20)12-13-18-14-8-4-3-5-9-14/h3-11,18H,2,12-13H2,1H3. The molecule has 1 heterocycles. The van der Waals surface area contributed by atoms with Crippen LogP contribution in [0, 0.1) is 0 Å². The summed E-state index contributed by atoms with van der Waals surface area (Å²) in [5.41, 5.74) is 3.47. The zero-order chi connectivity index (χ0) is 13.8. The highest BCUT2D eigenvalue weighted by molar-refractivity contribution is 5.75. The number of hydrogen-bond donors (Lipinski definition) is 1. The maximum atomic E-state index is 4.74. The first kappa shape index (κ1) is 12.7. The Morgan fingerprint density at radius 2 is 1.75 bits per heavy atom. The molecule has 0 bridgehead atoms. The molecule has 0 unspecified atom stereocenters. The number of hydrogen-bond acceptors (Lipinski definition) is 2. The first-order valence-electron chi connectivity index (χ1n) is 7.11. The van der Waals surface area contributed by atoms with Crippen molar-refractivity contribution in [3.8, 4) is 0 Å². The molecule has 1 aromatic heterocycles. The van der Waals surface area contributed by atoms with E-state index in [1.54, 1.807) is 0 Å². The lowest BCUT2D eigenvalue weighted by molar-refractivity contribution is 0.717. The second-order valence-corrected chi connectivity index (χ2v) is 4.80. The summed E-state index contributed by atoms with van der Waals surface area (Å²) in [4.78, 5) is 4.74. The van der Waals surface area contributed by atoms with Crippen molar-refractivity contribution in [2.45, 2.75) is 19.9 Å². The van der Waals surface area contributed by atoms with Gasteiger partial charge < -0.3 is 9.88 Å². The van der Waals surface area contributed by atoms with Gasteiger partial charge in [-0.2, -0.15) is 0 Å². The Bertz CT molecular complexity index is 686. The van der Waals surface area contributed by atoms with Gasteiger partial charge in [0.25, 0.3) is 0 Å². The van der Waals surface area contributed by atoms with Crippen LogP contribution in [0.5, 0.6) is 0 Å². The third-order valence-corrected chi connectivity index (χ3v) is 3.50. The van der Waals surface area contributed by atoms with Gasteiger partial charge >= 0.3 is 0 Å². The van der Waals surface area contributed by atoms with E-state index in [9.17, 15) is 0 Å². The Kier molecular flexibility index (Phi) is 3.68. The van der Waals surface area contributed by atoms with E-state index in [-0.39, 0.29) is 0 Å². The number of anilines is 1. The maximum Gasteiger partial charge on any atom is 0.111 e. The van der Waals surface area contributed by atoms with Gasteiger partial charge in [-0.15, -0.1) is 0 Å². The molecule has 20 heavy (non-hydrogen) atoms. The molecule has 0 atom stereocenters. The third-order valence-electron chi connectivity index (χ3n) is 3.50. The van der Waals surface area contributed by atoms with Crippen molar-refractivity contribution in [2.75, 3.05) is 11.9 Å². The summed E-state index contributed by atoms with van der Waals surface area (Å²) in [5.74, 6) is 1.15. The highest BCUT2D eigenvalue weighted by atomic mass is 15.1. The lowest BCUT2D eigenvalue weighted by atomic mass is 10.3. The number of aromatic nitrogens is 2. The average molecular weight is 265 g/mol. The molecule has 0 saturated carbocycles. The van der Waals surface area contributed by atoms with Gasteiger partial charge in [0, 0.05) is 25.2 Å². The van der Waals surface area contributed by atoms with Crippen LogP contribution in [0.25, 0.3) is 11.0 Å². The van der Waals surface area contributed by atoms with Crippen molar-refractivity contribution in [3.63, 3.8) is 0 Å². The zero-order valence-corrected chi connectivity index (χ0v) is 11.7. The molecule has 1 N–H and O–H groups in total. The second kappa shape index (κ2) is 5.78. The monoisotopic (exact) mass is 265 g/mol. The summed E-state index contributed by atoms with van der Waals surface area (Å²) < 4.78 is 2.29. The number of imidazole rings is 1. The summed E-state index contributed by atoms with van der Waals surface area (Å²) in [6.45, 7) is 4.02. The first-order chi connectivity index (χ1) is 9.88.